The summed E-state index contributed by atoms with van der Waals surface area (Å²) in [7, 11) is 0. The van der Waals surface area contributed by atoms with Crippen molar-refractivity contribution in [3.8, 4) is 11.5 Å². The summed E-state index contributed by atoms with van der Waals surface area (Å²) < 4.78 is 11.5. The molecule has 3 rings (SSSR count). The van der Waals surface area contributed by atoms with Crippen molar-refractivity contribution in [2.75, 3.05) is 31.6 Å². The normalized spacial score (nSPS) is 17.3. The average Bonchev–Trinajstić information content (AvgIpc) is 3.56. The Bertz CT molecular complexity index is 679. The Morgan fingerprint density at radius 2 is 1.61 bits per heavy atom. The molecule has 1 saturated carbocycles. The van der Waals surface area contributed by atoms with Crippen molar-refractivity contribution in [3.63, 3.8) is 0 Å². The van der Waals surface area contributed by atoms with E-state index < -0.39 is 0 Å². The van der Waals surface area contributed by atoms with E-state index in [0.29, 0.717) is 37.8 Å². The first-order valence-corrected chi connectivity index (χ1v) is 10.6. The zero-order chi connectivity index (χ0) is 19.9. The molecule has 2 amide bonds. The van der Waals surface area contributed by atoms with Crippen LogP contribution in [0.15, 0.2) is 18.2 Å². The molecular weight excluding hydrogens is 356 g/mol. The highest BCUT2D eigenvalue weighted by atomic mass is 16.5. The summed E-state index contributed by atoms with van der Waals surface area (Å²) in [6, 6.07) is 5.55. The molecule has 1 aliphatic heterocycles. The van der Waals surface area contributed by atoms with Gasteiger partial charge < -0.3 is 19.7 Å². The standard InChI is InChI=1S/C22H32N2O4/c1-3-13-27-19-8-7-18(15-20(19)28-14-4-2)23-21(25)16-9-11-24(12-10-16)22(26)17-5-6-17/h7-8,15-17H,3-6,9-14H2,1-2H3,(H,23,25). The second kappa shape index (κ2) is 9.80. The fourth-order valence-electron chi connectivity index (χ4n) is 3.44. The number of nitrogens with one attached hydrogen (secondary N) is 1. The Balaban J connectivity index is 1.56. The monoisotopic (exact) mass is 388 g/mol. The van der Waals surface area contributed by atoms with Crippen LogP contribution < -0.4 is 14.8 Å². The van der Waals surface area contributed by atoms with Gasteiger partial charge in [-0.1, -0.05) is 13.8 Å². The van der Waals surface area contributed by atoms with Crippen molar-refractivity contribution in [1.29, 1.82) is 0 Å². The second-order valence-corrected chi connectivity index (χ2v) is 7.72. The maximum absolute atomic E-state index is 12.7. The van der Waals surface area contributed by atoms with Gasteiger partial charge in [0.15, 0.2) is 11.5 Å². The van der Waals surface area contributed by atoms with Crippen molar-refractivity contribution in [2.45, 2.75) is 52.4 Å². The predicted octanol–water partition coefficient (Wildman–Crippen LogP) is 3.85. The number of carbonyl (C=O) groups excluding carboxylic acids is 2. The Kier molecular flexibility index (Phi) is 7.18. The zero-order valence-corrected chi connectivity index (χ0v) is 17.0. The number of rotatable bonds is 9. The molecule has 1 N–H and O–H groups in total. The lowest BCUT2D eigenvalue weighted by Gasteiger charge is -2.31. The van der Waals surface area contributed by atoms with Crippen LogP contribution in [0.4, 0.5) is 5.69 Å². The minimum Gasteiger partial charge on any atom is -0.490 e. The third-order valence-electron chi connectivity index (χ3n) is 5.24. The lowest BCUT2D eigenvalue weighted by atomic mass is 9.95. The fourth-order valence-corrected chi connectivity index (χ4v) is 3.44. The molecule has 2 fully saturated rings. The molecule has 1 aromatic carbocycles. The van der Waals surface area contributed by atoms with Gasteiger partial charge in [-0.2, -0.15) is 0 Å². The van der Waals surface area contributed by atoms with Crippen LogP contribution in [0.25, 0.3) is 0 Å². The van der Waals surface area contributed by atoms with E-state index in [4.69, 9.17) is 9.47 Å². The smallest absolute Gasteiger partial charge is 0.227 e. The molecule has 0 radical (unpaired) electrons. The summed E-state index contributed by atoms with van der Waals surface area (Å²) >= 11 is 0. The summed E-state index contributed by atoms with van der Waals surface area (Å²) in [5.41, 5.74) is 0.719. The Hall–Kier alpha value is -2.24. The molecule has 1 saturated heterocycles. The Morgan fingerprint density at radius 3 is 2.21 bits per heavy atom. The fraction of sp³-hybridized carbons (Fsp3) is 0.636. The topological polar surface area (TPSA) is 67.9 Å². The van der Waals surface area contributed by atoms with Gasteiger partial charge in [-0.3, -0.25) is 9.59 Å². The van der Waals surface area contributed by atoms with Crippen LogP contribution in [0.2, 0.25) is 0 Å². The van der Waals surface area contributed by atoms with E-state index in [0.717, 1.165) is 44.2 Å². The van der Waals surface area contributed by atoms with Gasteiger partial charge in [-0.25, -0.2) is 0 Å². The Labute approximate surface area is 167 Å². The van der Waals surface area contributed by atoms with E-state index in [1.807, 2.05) is 23.1 Å². The van der Waals surface area contributed by atoms with Crippen LogP contribution in [0.3, 0.4) is 0 Å². The third-order valence-corrected chi connectivity index (χ3v) is 5.24. The van der Waals surface area contributed by atoms with Gasteiger partial charge in [0.05, 0.1) is 13.2 Å². The first-order valence-electron chi connectivity index (χ1n) is 10.6. The molecule has 1 aliphatic carbocycles. The van der Waals surface area contributed by atoms with Gasteiger partial charge in [0.1, 0.15) is 0 Å². The van der Waals surface area contributed by atoms with E-state index in [1.165, 1.54) is 0 Å². The van der Waals surface area contributed by atoms with Crippen molar-refractivity contribution < 1.29 is 19.1 Å². The van der Waals surface area contributed by atoms with Crippen LogP contribution in [0, 0.1) is 11.8 Å². The number of anilines is 1. The van der Waals surface area contributed by atoms with Crippen molar-refractivity contribution in [3.05, 3.63) is 18.2 Å². The number of nitrogens with zero attached hydrogens (tertiary/aromatic N) is 1. The van der Waals surface area contributed by atoms with Gasteiger partial charge in [0, 0.05) is 36.7 Å². The molecular formula is C22H32N2O4. The van der Waals surface area contributed by atoms with Crippen LogP contribution in [0.5, 0.6) is 11.5 Å². The van der Waals surface area contributed by atoms with E-state index in [-0.39, 0.29) is 23.7 Å². The molecule has 0 aromatic heterocycles. The number of ether oxygens (including phenoxy) is 2. The molecule has 0 spiro atoms. The van der Waals surface area contributed by atoms with Gasteiger partial charge in [-0.05, 0) is 50.7 Å². The SMILES string of the molecule is CCCOc1ccc(NC(=O)C2CCN(C(=O)C3CC3)CC2)cc1OCCC. The summed E-state index contributed by atoms with van der Waals surface area (Å²) in [5.74, 6) is 1.86. The molecule has 0 unspecified atom stereocenters. The minimum atomic E-state index is -0.0562. The van der Waals surface area contributed by atoms with E-state index in [1.54, 1.807) is 0 Å². The maximum atomic E-state index is 12.7. The van der Waals surface area contributed by atoms with E-state index >= 15 is 0 Å². The molecule has 154 valence electrons. The first-order chi connectivity index (χ1) is 13.6. The van der Waals surface area contributed by atoms with Crippen LogP contribution in [0.1, 0.15) is 52.4 Å². The minimum absolute atomic E-state index is 0.0159. The highest BCUT2D eigenvalue weighted by Gasteiger charge is 2.36. The van der Waals surface area contributed by atoms with Crippen molar-refractivity contribution in [2.24, 2.45) is 11.8 Å². The van der Waals surface area contributed by atoms with Crippen LogP contribution in [-0.2, 0) is 9.59 Å². The number of benzene rings is 1. The quantitative estimate of drug-likeness (QED) is 0.698. The molecule has 2 aliphatic rings. The van der Waals surface area contributed by atoms with E-state index in [2.05, 4.69) is 19.2 Å². The predicted molar refractivity (Wildman–Crippen MR) is 109 cm³/mol. The van der Waals surface area contributed by atoms with Gasteiger partial charge in [-0.15, -0.1) is 0 Å². The molecule has 1 aromatic rings. The number of hydrogen-bond donors (Lipinski definition) is 1. The number of hydrogen-bond acceptors (Lipinski definition) is 4. The zero-order valence-electron chi connectivity index (χ0n) is 17.0. The van der Waals surface area contributed by atoms with Crippen LogP contribution in [-0.4, -0.2) is 43.0 Å². The lowest BCUT2D eigenvalue weighted by Crippen LogP contribution is -2.42. The molecule has 0 bridgehead atoms. The van der Waals surface area contributed by atoms with Crippen molar-refractivity contribution >= 4 is 17.5 Å². The highest BCUT2D eigenvalue weighted by Crippen LogP contribution is 2.33. The maximum Gasteiger partial charge on any atom is 0.227 e. The lowest BCUT2D eigenvalue weighted by molar-refractivity contribution is -0.135. The molecule has 1 heterocycles. The molecule has 6 nitrogen and oxygen atoms in total. The summed E-state index contributed by atoms with van der Waals surface area (Å²) in [6.45, 7) is 6.72. The number of carbonyl (C=O) groups is 2. The number of amides is 2. The first kappa shape index (κ1) is 20.5. The van der Waals surface area contributed by atoms with Crippen LogP contribution >= 0.6 is 0 Å². The summed E-state index contributed by atoms with van der Waals surface area (Å²) in [4.78, 5) is 26.8. The van der Waals surface area contributed by atoms with Gasteiger partial charge in [0.25, 0.3) is 0 Å². The third kappa shape index (κ3) is 5.40. The summed E-state index contributed by atoms with van der Waals surface area (Å²) in [5, 5.41) is 3.01. The average molecular weight is 389 g/mol. The summed E-state index contributed by atoms with van der Waals surface area (Å²) in [6.07, 6.45) is 5.33. The molecule has 0 atom stereocenters. The van der Waals surface area contributed by atoms with Gasteiger partial charge >= 0.3 is 0 Å². The van der Waals surface area contributed by atoms with Gasteiger partial charge in [0.2, 0.25) is 11.8 Å². The molecule has 6 heteroatoms. The number of likely N-dealkylation sites (tertiary alicyclic amines) is 1. The highest BCUT2D eigenvalue weighted by molar-refractivity contribution is 5.93. The number of piperidine rings is 1. The second-order valence-electron chi connectivity index (χ2n) is 7.72. The Morgan fingerprint density at radius 1 is 0.964 bits per heavy atom. The molecule has 28 heavy (non-hydrogen) atoms. The van der Waals surface area contributed by atoms with Crippen molar-refractivity contribution in [1.82, 2.24) is 4.90 Å². The van der Waals surface area contributed by atoms with E-state index in [9.17, 15) is 9.59 Å². The largest absolute Gasteiger partial charge is 0.490 e.